The van der Waals surface area contributed by atoms with Crippen LogP contribution in [0.2, 0.25) is 0 Å². The summed E-state index contributed by atoms with van der Waals surface area (Å²) in [5, 5.41) is 17.8. The first kappa shape index (κ1) is 11.9. The molecule has 1 aliphatic carbocycles. The summed E-state index contributed by atoms with van der Waals surface area (Å²) in [5.74, 6) is 0.500. The maximum Gasteiger partial charge on any atom is 0.330 e. The second kappa shape index (κ2) is 4.19. The fourth-order valence-electron chi connectivity index (χ4n) is 2.69. The van der Waals surface area contributed by atoms with E-state index in [9.17, 15) is 9.90 Å². The van der Waals surface area contributed by atoms with Gasteiger partial charge >= 0.3 is 5.97 Å². The summed E-state index contributed by atoms with van der Waals surface area (Å²) in [6.45, 7) is 1.81. The number of hydrogen-bond donors (Lipinski definition) is 1. The predicted molar refractivity (Wildman–Crippen MR) is 69.7 cm³/mol. The molecule has 0 radical (unpaired) electrons. The van der Waals surface area contributed by atoms with E-state index in [0.29, 0.717) is 24.5 Å². The highest BCUT2D eigenvalue weighted by Gasteiger charge is 2.48. The van der Waals surface area contributed by atoms with Crippen molar-refractivity contribution in [2.75, 3.05) is 0 Å². The summed E-state index contributed by atoms with van der Waals surface area (Å²) in [5.41, 5.74) is 0.0364. The van der Waals surface area contributed by atoms with Crippen molar-refractivity contribution in [3.63, 3.8) is 0 Å². The predicted octanol–water partition coefficient (Wildman–Crippen LogP) is 2.22. The molecule has 1 saturated carbocycles. The van der Waals surface area contributed by atoms with Crippen LogP contribution in [-0.2, 0) is 10.3 Å². The molecule has 0 saturated heterocycles. The highest BCUT2D eigenvalue weighted by atomic mass is 16.4. The molecule has 1 aliphatic rings. The lowest BCUT2D eigenvalue weighted by atomic mass is 9.76. The van der Waals surface area contributed by atoms with Crippen LogP contribution in [0.5, 0.6) is 0 Å². The van der Waals surface area contributed by atoms with Crippen LogP contribution in [0.25, 0.3) is 11.4 Å². The molecule has 1 aromatic carbocycles. The maximum atomic E-state index is 11.7. The second-order valence-electron chi connectivity index (χ2n) is 4.96. The standard InChI is InChI=1S/C14H15N3O2/c1-10-15-16-12(11-6-3-2-4-7-11)17(10)14(13(18)19)8-5-9-14/h2-4,6-7H,5,8-9H2,1H3,(H,18,19). The van der Waals surface area contributed by atoms with Gasteiger partial charge in [-0.1, -0.05) is 30.3 Å². The number of carbonyl (C=O) groups is 1. The average molecular weight is 257 g/mol. The van der Waals surface area contributed by atoms with Crippen LogP contribution >= 0.6 is 0 Å². The Bertz CT molecular complexity index is 615. The molecule has 2 aromatic rings. The number of carboxylic acids is 1. The molecule has 0 spiro atoms. The first-order valence-electron chi connectivity index (χ1n) is 6.36. The van der Waals surface area contributed by atoms with Gasteiger partial charge in [0.15, 0.2) is 5.82 Å². The van der Waals surface area contributed by atoms with Crippen molar-refractivity contribution in [1.29, 1.82) is 0 Å². The van der Waals surface area contributed by atoms with Crippen molar-refractivity contribution < 1.29 is 9.90 Å². The molecule has 5 heteroatoms. The molecule has 0 aliphatic heterocycles. The molecule has 98 valence electrons. The zero-order valence-corrected chi connectivity index (χ0v) is 10.7. The summed E-state index contributed by atoms with van der Waals surface area (Å²) in [6, 6.07) is 9.60. The number of nitrogens with zero attached hydrogens (tertiary/aromatic N) is 3. The molecule has 5 nitrogen and oxygen atoms in total. The second-order valence-corrected chi connectivity index (χ2v) is 4.96. The van der Waals surface area contributed by atoms with Gasteiger partial charge in [-0.05, 0) is 26.2 Å². The summed E-state index contributed by atoms with van der Waals surface area (Å²) in [6.07, 6.45) is 2.21. The number of carboxylic acid groups (broad SMARTS) is 1. The van der Waals surface area contributed by atoms with Crippen LogP contribution in [0.4, 0.5) is 0 Å². The van der Waals surface area contributed by atoms with Crippen molar-refractivity contribution in [3.8, 4) is 11.4 Å². The molecule has 0 bridgehead atoms. The highest BCUT2D eigenvalue weighted by molar-refractivity contribution is 5.79. The van der Waals surface area contributed by atoms with E-state index >= 15 is 0 Å². The van der Waals surface area contributed by atoms with E-state index in [2.05, 4.69) is 10.2 Å². The molecule has 1 heterocycles. The van der Waals surface area contributed by atoms with Gasteiger partial charge in [-0.2, -0.15) is 0 Å². The molecule has 0 atom stereocenters. The van der Waals surface area contributed by atoms with E-state index in [0.717, 1.165) is 12.0 Å². The van der Waals surface area contributed by atoms with Crippen molar-refractivity contribution in [3.05, 3.63) is 36.2 Å². The monoisotopic (exact) mass is 257 g/mol. The van der Waals surface area contributed by atoms with Crippen LogP contribution in [0.3, 0.4) is 0 Å². The molecule has 0 unspecified atom stereocenters. The number of benzene rings is 1. The summed E-state index contributed by atoms with van der Waals surface area (Å²) in [7, 11) is 0. The van der Waals surface area contributed by atoms with E-state index in [-0.39, 0.29) is 0 Å². The van der Waals surface area contributed by atoms with Gasteiger partial charge < -0.3 is 5.11 Å². The van der Waals surface area contributed by atoms with Crippen molar-refractivity contribution in [1.82, 2.24) is 14.8 Å². The molecule has 1 fully saturated rings. The molecule has 1 N–H and O–H groups in total. The van der Waals surface area contributed by atoms with Crippen LogP contribution in [0.15, 0.2) is 30.3 Å². The zero-order valence-electron chi connectivity index (χ0n) is 10.7. The number of aromatic nitrogens is 3. The summed E-state index contributed by atoms with van der Waals surface area (Å²) < 4.78 is 1.79. The summed E-state index contributed by atoms with van der Waals surface area (Å²) in [4.78, 5) is 11.7. The smallest absolute Gasteiger partial charge is 0.330 e. The lowest BCUT2D eigenvalue weighted by Gasteiger charge is -2.40. The Labute approximate surface area is 110 Å². The largest absolute Gasteiger partial charge is 0.479 e. The molecular weight excluding hydrogens is 242 g/mol. The van der Waals surface area contributed by atoms with Crippen LogP contribution in [0.1, 0.15) is 25.1 Å². The molecular formula is C14H15N3O2. The van der Waals surface area contributed by atoms with Gasteiger partial charge in [-0.3, -0.25) is 4.57 Å². The Morgan fingerprint density at radius 1 is 1.26 bits per heavy atom. The first-order chi connectivity index (χ1) is 9.15. The number of rotatable bonds is 3. The Morgan fingerprint density at radius 2 is 1.95 bits per heavy atom. The van der Waals surface area contributed by atoms with Gasteiger partial charge in [0.2, 0.25) is 0 Å². The third-order valence-electron chi connectivity index (χ3n) is 3.86. The zero-order chi connectivity index (χ0) is 13.5. The van der Waals surface area contributed by atoms with Gasteiger partial charge in [0.1, 0.15) is 11.4 Å². The quantitative estimate of drug-likeness (QED) is 0.915. The first-order valence-corrected chi connectivity index (χ1v) is 6.36. The molecule has 0 amide bonds. The Kier molecular flexibility index (Phi) is 2.62. The molecule has 19 heavy (non-hydrogen) atoms. The third kappa shape index (κ3) is 1.65. The molecule has 1 aromatic heterocycles. The minimum atomic E-state index is -0.862. The van der Waals surface area contributed by atoms with Crippen LogP contribution in [0, 0.1) is 6.92 Å². The van der Waals surface area contributed by atoms with E-state index in [1.165, 1.54) is 0 Å². The molecule has 3 rings (SSSR count). The SMILES string of the molecule is Cc1nnc(-c2ccccc2)n1C1(C(=O)O)CCC1. The van der Waals surface area contributed by atoms with Gasteiger partial charge in [0.25, 0.3) is 0 Å². The average Bonchev–Trinajstić information content (AvgIpc) is 2.72. The topological polar surface area (TPSA) is 68.0 Å². The minimum absolute atomic E-state index is 0.639. The van der Waals surface area contributed by atoms with E-state index in [4.69, 9.17) is 0 Å². The lowest BCUT2D eigenvalue weighted by Crippen LogP contribution is -2.48. The lowest BCUT2D eigenvalue weighted by molar-refractivity contribution is -0.152. The van der Waals surface area contributed by atoms with Crippen molar-refractivity contribution in [2.45, 2.75) is 31.7 Å². The maximum absolute atomic E-state index is 11.7. The Balaban J connectivity index is 2.17. The normalized spacial score (nSPS) is 16.9. The van der Waals surface area contributed by atoms with Crippen molar-refractivity contribution >= 4 is 5.97 Å². The fourth-order valence-corrected chi connectivity index (χ4v) is 2.69. The third-order valence-corrected chi connectivity index (χ3v) is 3.86. The van der Waals surface area contributed by atoms with Crippen molar-refractivity contribution in [2.24, 2.45) is 0 Å². The number of aliphatic carboxylic acids is 1. The van der Waals surface area contributed by atoms with Crippen LogP contribution in [-0.4, -0.2) is 25.8 Å². The van der Waals surface area contributed by atoms with Gasteiger partial charge in [0, 0.05) is 5.56 Å². The Morgan fingerprint density at radius 3 is 2.47 bits per heavy atom. The van der Waals surface area contributed by atoms with Gasteiger partial charge in [-0.15, -0.1) is 10.2 Å². The van der Waals surface area contributed by atoms with Gasteiger partial charge in [-0.25, -0.2) is 4.79 Å². The van der Waals surface area contributed by atoms with Crippen LogP contribution < -0.4 is 0 Å². The van der Waals surface area contributed by atoms with E-state index in [1.54, 1.807) is 4.57 Å². The summed E-state index contributed by atoms with van der Waals surface area (Å²) >= 11 is 0. The van der Waals surface area contributed by atoms with E-state index in [1.807, 2.05) is 37.3 Å². The Hall–Kier alpha value is -2.17. The highest BCUT2D eigenvalue weighted by Crippen LogP contribution is 2.42. The van der Waals surface area contributed by atoms with E-state index < -0.39 is 11.5 Å². The van der Waals surface area contributed by atoms with Gasteiger partial charge in [0.05, 0.1) is 0 Å². The minimum Gasteiger partial charge on any atom is -0.479 e. The number of aryl methyl sites for hydroxylation is 1. The number of hydrogen-bond acceptors (Lipinski definition) is 3. The fraction of sp³-hybridized carbons (Fsp3) is 0.357.